The van der Waals surface area contributed by atoms with Gasteiger partial charge in [-0.15, -0.1) is 0 Å². The molecule has 4 nitrogen and oxygen atoms in total. The van der Waals surface area contributed by atoms with E-state index in [1.807, 2.05) is 30.3 Å². The minimum absolute atomic E-state index is 0.350. The second kappa shape index (κ2) is 8.03. The van der Waals surface area contributed by atoms with E-state index < -0.39 is 6.10 Å². The van der Waals surface area contributed by atoms with Crippen LogP contribution < -0.4 is 10.6 Å². The summed E-state index contributed by atoms with van der Waals surface area (Å²) in [5.74, 6) is 0. The number of anilines is 1. The Labute approximate surface area is 139 Å². The first-order chi connectivity index (χ1) is 10.6. The normalized spacial score (nSPS) is 11.8. The van der Waals surface area contributed by atoms with Crippen LogP contribution in [0.3, 0.4) is 0 Å². The van der Waals surface area contributed by atoms with Gasteiger partial charge in [0.1, 0.15) is 0 Å². The van der Waals surface area contributed by atoms with Crippen molar-refractivity contribution in [1.82, 2.24) is 5.32 Å². The summed E-state index contributed by atoms with van der Waals surface area (Å²) in [6.07, 6.45) is -0.176. The van der Waals surface area contributed by atoms with Gasteiger partial charge >= 0.3 is 6.03 Å². The van der Waals surface area contributed by atoms with Crippen LogP contribution in [0.1, 0.15) is 18.1 Å². The number of carbonyl (C=O) groups excluding carboxylic acids is 1. The zero-order valence-corrected chi connectivity index (χ0v) is 13.2. The number of halogens is 2. The third kappa shape index (κ3) is 4.91. The Morgan fingerprint density at radius 1 is 1.09 bits per heavy atom. The van der Waals surface area contributed by atoms with Crippen LogP contribution >= 0.6 is 23.2 Å². The van der Waals surface area contributed by atoms with Crippen LogP contribution in [0, 0.1) is 0 Å². The number of carbonyl (C=O) groups is 1. The number of hydrogen-bond donors (Lipinski definition) is 3. The van der Waals surface area contributed by atoms with Crippen molar-refractivity contribution in [1.29, 1.82) is 0 Å². The van der Waals surface area contributed by atoms with Crippen molar-refractivity contribution in [3.05, 3.63) is 64.1 Å². The van der Waals surface area contributed by atoms with Gasteiger partial charge in [-0.25, -0.2) is 4.79 Å². The summed E-state index contributed by atoms with van der Waals surface area (Å²) in [5.41, 5.74) is 1.38. The minimum atomic E-state index is -0.605. The Morgan fingerprint density at radius 3 is 2.50 bits per heavy atom. The van der Waals surface area contributed by atoms with Gasteiger partial charge in [0.25, 0.3) is 0 Å². The van der Waals surface area contributed by atoms with E-state index >= 15 is 0 Å². The van der Waals surface area contributed by atoms with Crippen molar-refractivity contribution >= 4 is 34.9 Å². The Morgan fingerprint density at radius 2 is 1.82 bits per heavy atom. The van der Waals surface area contributed by atoms with E-state index in [0.29, 0.717) is 28.7 Å². The predicted molar refractivity (Wildman–Crippen MR) is 89.5 cm³/mol. The van der Waals surface area contributed by atoms with Crippen LogP contribution in [0.15, 0.2) is 48.5 Å². The molecule has 3 N–H and O–H groups in total. The van der Waals surface area contributed by atoms with Gasteiger partial charge in [-0.05, 0) is 30.2 Å². The molecule has 2 rings (SSSR count). The summed E-state index contributed by atoms with van der Waals surface area (Å²) in [6, 6.07) is 13.8. The molecule has 22 heavy (non-hydrogen) atoms. The fraction of sp³-hybridized carbons (Fsp3) is 0.188. The van der Waals surface area contributed by atoms with Crippen molar-refractivity contribution in [3.63, 3.8) is 0 Å². The first kappa shape index (κ1) is 16.6. The van der Waals surface area contributed by atoms with Crippen molar-refractivity contribution in [3.8, 4) is 0 Å². The van der Waals surface area contributed by atoms with E-state index in [0.717, 1.165) is 5.56 Å². The molecule has 0 spiro atoms. The maximum absolute atomic E-state index is 11.7. The first-order valence-corrected chi connectivity index (χ1v) is 7.55. The highest BCUT2D eigenvalue weighted by Gasteiger charge is 2.08. The number of aliphatic hydroxyl groups excluding tert-OH is 1. The summed E-state index contributed by atoms with van der Waals surface area (Å²) in [7, 11) is 0. The third-order valence-electron chi connectivity index (χ3n) is 3.07. The molecule has 0 saturated carbocycles. The quantitative estimate of drug-likeness (QED) is 0.763. The van der Waals surface area contributed by atoms with Gasteiger partial charge in [0.05, 0.1) is 16.1 Å². The molecule has 0 unspecified atom stereocenters. The van der Waals surface area contributed by atoms with Gasteiger partial charge < -0.3 is 15.7 Å². The highest BCUT2D eigenvalue weighted by atomic mass is 35.5. The lowest BCUT2D eigenvalue weighted by Crippen LogP contribution is -2.30. The highest BCUT2D eigenvalue weighted by molar-refractivity contribution is 6.42. The number of nitrogens with one attached hydrogen (secondary N) is 2. The molecule has 2 aromatic rings. The SMILES string of the molecule is O=C(NCC[C@H](O)c1ccccc1)Nc1ccc(Cl)c(Cl)c1. The summed E-state index contributed by atoms with van der Waals surface area (Å²) >= 11 is 11.7. The molecule has 6 heteroatoms. The molecular formula is C16H16Cl2N2O2. The Kier molecular flexibility index (Phi) is 6.07. The lowest BCUT2D eigenvalue weighted by atomic mass is 10.1. The van der Waals surface area contributed by atoms with Crippen molar-refractivity contribution in [2.24, 2.45) is 0 Å². The molecule has 116 valence electrons. The number of hydrogen-bond acceptors (Lipinski definition) is 2. The Balaban J connectivity index is 1.77. The fourth-order valence-corrected chi connectivity index (χ4v) is 2.21. The highest BCUT2D eigenvalue weighted by Crippen LogP contribution is 2.24. The van der Waals surface area contributed by atoms with E-state index in [4.69, 9.17) is 23.2 Å². The molecule has 0 fully saturated rings. The zero-order valence-electron chi connectivity index (χ0n) is 11.7. The molecule has 0 saturated heterocycles. The zero-order chi connectivity index (χ0) is 15.9. The van der Waals surface area contributed by atoms with Crippen LogP contribution in [-0.4, -0.2) is 17.7 Å². The molecule has 2 amide bonds. The first-order valence-electron chi connectivity index (χ1n) is 6.79. The van der Waals surface area contributed by atoms with Gasteiger partial charge in [0.2, 0.25) is 0 Å². The summed E-state index contributed by atoms with van der Waals surface area (Å²) in [5, 5.41) is 16.1. The number of aliphatic hydroxyl groups is 1. The van der Waals surface area contributed by atoms with Gasteiger partial charge in [-0.2, -0.15) is 0 Å². The van der Waals surface area contributed by atoms with Crippen molar-refractivity contribution in [2.45, 2.75) is 12.5 Å². The smallest absolute Gasteiger partial charge is 0.319 e. The standard InChI is InChI=1S/C16H16Cl2N2O2/c17-13-7-6-12(10-14(13)18)20-16(22)19-9-8-15(21)11-4-2-1-3-5-11/h1-7,10,15,21H,8-9H2,(H2,19,20,22)/t15-/m0/s1. The van der Waals surface area contributed by atoms with Crippen LogP contribution in [-0.2, 0) is 0 Å². The molecular weight excluding hydrogens is 323 g/mol. The monoisotopic (exact) mass is 338 g/mol. The lowest BCUT2D eigenvalue weighted by Gasteiger charge is -2.12. The molecule has 1 atom stereocenters. The number of rotatable bonds is 5. The van der Waals surface area contributed by atoms with Crippen molar-refractivity contribution in [2.75, 3.05) is 11.9 Å². The molecule has 2 aromatic carbocycles. The second-order valence-corrected chi connectivity index (χ2v) is 5.54. The van der Waals surface area contributed by atoms with E-state index in [-0.39, 0.29) is 6.03 Å². The molecule has 0 radical (unpaired) electrons. The molecule has 0 aliphatic rings. The van der Waals surface area contributed by atoms with E-state index in [9.17, 15) is 9.90 Å². The summed E-state index contributed by atoms with van der Waals surface area (Å²) in [4.78, 5) is 11.7. The Hall–Kier alpha value is -1.75. The molecule has 0 aliphatic heterocycles. The maximum atomic E-state index is 11.7. The third-order valence-corrected chi connectivity index (χ3v) is 3.80. The van der Waals surface area contributed by atoms with Crippen LogP contribution in [0.2, 0.25) is 10.0 Å². The average Bonchev–Trinajstić information content (AvgIpc) is 2.51. The van der Waals surface area contributed by atoms with Gasteiger partial charge in [-0.3, -0.25) is 0 Å². The molecule has 0 heterocycles. The second-order valence-electron chi connectivity index (χ2n) is 4.72. The number of benzene rings is 2. The largest absolute Gasteiger partial charge is 0.388 e. The molecule has 0 bridgehead atoms. The van der Waals surface area contributed by atoms with Crippen molar-refractivity contribution < 1.29 is 9.90 Å². The Bertz CT molecular complexity index is 635. The average molecular weight is 339 g/mol. The van der Waals surface area contributed by atoms with Crippen LogP contribution in [0.25, 0.3) is 0 Å². The fourth-order valence-electron chi connectivity index (χ4n) is 1.91. The van der Waals surface area contributed by atoms with E-state index in [1.165, 1.54) is 0 Å². The summed E-state index contributed by atoms with van der Waals surface area (Å²) < 4.78 is 0. The van der Waals surface area contributed by atoms with E-state index in [1.54, 1.807) is 18.2 Å². The van der Waals surface area contributed by atoms with Crippen LogP contribution in [0.5, 0.6) is 0 Å². The number of urea groups is 1. The predicted octanol–water partition coefficient (Wildman–Crippen LogP) is 4.24. The van der Waals surface area contributed by atoms with Crippen LogP contribution in [0.4, 0.5) is 10.5 Å². The van der Waals surface area contributed by atoms with Gasteiger partial charge in [0.15, 0.2) is 0 Å². The van der Waals surface area contributed by atoms with Gasteiger partial charge in [0, 0.05) is 12.2 Å². The topological polar surface area (TPSA) is 61.4 Å². The maximum Gasteiger partial charge on any atom is 0.319 e. The lowest BCUT2D eigenvalue weighted by molar-refractivity contribution is 0.167. The molecule has 0 aliphatic carbocycles. The molecule has 0 aromatic heterocycles. The number of amides is 2. The summed E-state index contributed by atoms with van der Waals surface area (Å²) in [6.45, 7) is 0.350. The minimum Gasteiger partial charge on any atom is -0.388 e. The van der Waals surface area contributed by atoms with Gasteiger partial charge in [-0.1, -0.05) is 53.5 Å². The van der Waals surface area contributed by atoms with E-state index in [2.05, 4.69) is 10.6 Å².